The SMILES string of the molecule is COc1ccc2c3c1O[C@H]1C(=O)C[C@@H](O)C4(O)[C@H](CCCC314)C2. The predicted octanol–water partition coefficient (Wildman–Crippen LogP) is 1.11. The minimum atomic E-state index is -1.28. The quantitative estimate of drug-likeness (QED) is 0.812. The summed E-state index contributed by atoms with van der Waals surface area (Å²) in [6, 6.07) is 3.90. The van der Waals surface area contributed by atoms with Gasteiger partial charge in [-0.2, -0.15) is 0 Å². The summed E-state index contributed by atoms with van der Waals surface area (Å²) in [7, 11) is 1.58. The number of hydrogen-bond acceptors (Lipinski definition) is 5. The summed E-state index contributed by atoms with van der Waals surface area (Å²) in [5.41, 5.74) is -0.0664. The zero-order chi connectivity index (χ0) is 16.0. The highest BCUT2D eigenvalue weighted by atomic mass is 16.5. The number of rotatable bonds is 1. The van der Waals surface area contributed by atoms with E-state index >= 15 is 0 Å². The first-order valence-corrected chi connectivity index (χ1v) is 8.34. The largest absolute Gasteiger partial charge is 0.493 e. The Balaban J connectivity index is 1.88. The third-order valence-electron chi connectivity index (χ3n) is 6.68. The highest BCUT2D eigenvalue weighted by molar-refractivity contribution is 5.90. The molecule has 23 heavy (non-hydrogen) atoms. The van der Waals surface area contributed by atoms with Crippen LogP contribution in [0.15, 0.2) is 12.1 Å². The monoisotopic (exact) mass is 316 g/mol. The van der Waals surface area contributed by atoms with Crippen molar-refractivity contribution in [3.8, 4) is 11.5 Å². The molecule has 1 aromatic rings. The van der Waals surface area contributed by atoms with Gasteiger partial charge in [0.05, 0.1) is 18.6 Å². The van der Waals surface area contributed by atoms with Gasteiger partial charge in [0.25, 0.3) is 0 Å². The van der Waals surface area contributed by atoms with Crippen molar-refractivity contribution < 1.29 is 24.5 Å². The standard InChI is InChI=1S/C18H20O5/c1-22-12-5-4-9-7-10-3-2-6-17-14(9)15(12)23-16(17)11(19)8-13(20)18(10,17)21/h4-5,10,13,16,20-21H,2-3,6-8H2,1H3/t10-,13-,16+,17?,18?/m1/s1. The van der Waals surface area contributed by atoms with Gasteiger partial charge in [-0.05, 0) is 36.8 Å². The summed E-state index contributed by atoms with van der Waals surface area (Å²) in [6.07, 6.45) is 1.42. The maximum atomic E-state index is 12.6. The zero-order valence-corrected chi connectivity index (χ0v) is 13.0. The van der Waals surface area contributed by atoms with E-state index in [1.807, 2.05) is 12.1 Å². The number of carbonyl (C=O) groups excluding carboxylic acids is 1. The van der Waals surface area contributed by atoms with E-state index in [1.165, 1.54) is 0 Å². The lowest BCUT2D eigenvalue weighted by Gasteiger charge is -2.61. The van der Waals surface area contributed by atoms with Crippen molar-refractivity contribution >= 4 is 5.78 Å². The molecule has 0 radical (unpaired) electrons. The van der Waals surface area contributed by atoms with Crippen LogP contribution in [0.1, 0.15) is 36.8 Å². The lowest BCUT2D eigenvalue weighted by atomic mass is 9.45. The van der Waals surface area contributed by atoms with Crippen LogP contribution in [0.4, 0.5) is 0 Å². The first-order chi connectivity index (χ1) is 11.0. The van der Waals surface area contributed by atoms with Crippen molar-refractivity contribution in [1.82, 2.24) is 0 Å². The summed E-state index contributed by atoms with van der Waals surface area (Å²) < 4.78 is 11.5. The summed E-state index contributed by atoms with van der Waals surface area (Å²) in [4.78, 5) is 12.6. The van der Waals surface area contributed by atoms with Gasteiger partial charge in [0.15, 0.2) is 23.4 Å². The molecule has 2 bridgehead atoms. The molecule has 4 aliphatic rings. The summed E-state index contributed by atoms with van der Waals surface area (Å²) in [5.74, 6) is 1.05. The van der Waals surface area contributed by atoms with Crippen molar-refractivity contribution in [2.45, 2.75) is 55.3 Å². The minimum absolute atomic E-state index is 0.0303. The number of aliphatic hydroxyl groups excluding tert-OH is 1. The van der Waals surface area contributed by atoms with Crippen LogP contribution in [-0.2, 0) is 16.6 Å². The van der Waals surface area contributed by atoms with Crippen molar-refractivity contribution in [3.05, 3.63) is 23.3 Å². The van der Waals surface area contributed by atoms with Crippen LogP contribution in [0.3, 0.4) is 0 Å². The van der Waals surface area contributed by atoms with Gasteiger partial charge in [-0.1, -0.05) is 12.5 Å². The molecule has 5 rings (SSSR count). The van der Waals surface area contributed by atoms with Gasteiger partial charge in [-0.15, -0.1) is 0 Å². The maximum Gasteiger partial charge on any atom is 0.177 e. The second-order valence-corrected chi connectivity index (χ2v) is 7.41. The van der Waals surface area contributed by atoms with Crippen LogP contribution >= 0.6 is 0 Å². The number of benzene rings is 1. The van der Waals surface area contributed by atoms with Gasteiger partial charge in [0.1, 0.15) is 5.60 Å². The molecule has 3 aliphatic carbocycles. The normalized spacial score (nSPS) is 42.9. The molecule has 5 heteroatoms. The summed E-state index contributed by atoms with van der Waals surface area (Å²) in [6.45, 7) is 0. The van der Waals surface area contributed by atoms with Gasteiger partial charge < -0.3 is 19.7 Å². The maximum absolute atomic E-state index is 12.6. The average Bonchev–Trinajstić information content (AvgIpc) is 2.86. The Morgan fingerprint density at radius 2 is 2.17 bits per heavy atom. The van der Waals surface area contributed by atoms with Crippen LogP contribution in [0.25, 0.3) is 0 Å². The Morgan fingerprint density at radius 3 is 2.96 bits per heavy atom. The first-order valence-electron chi connectivity index (χ1n) is 8.34. The van der Waals surface area contributed by atoms with E-state index in [9.17, 15) is 15.0 Å². The van der Waals surface area contributed by atoms with E-state index in [4.69, 9.17) is 9.47 Å². The van der Waals surface area contributed by atoms with Gasteiger partial charge in [-0.25, -0.2) is 0 Å². The van der Waals surface area contributed by atoms with E-state index in [-0.39, 0.29) is 18.1 Å². The predicted molar refractivity (Wildman–Crippen MR) is 80.7 cm³/mol. The Bertz CT molecular complexity index is 728. The first kappa shape index (κ1) is 13.8. The summed E-state index contributed by atoms with van der Waals surface area (Å²) in [5, 5.41) is 22.3. The molecule has 2 N–H and O–H groups in total. The number of ether oxygens (including phenoxy) is 2. The highest BCUT2D eigenvalue weighted by Crippen LogP contribution is 2.66. The third kappa shape index (κ3) is 1.28. The van der Waals surface area contributed by atoms with Crippen molar-refractivity contribution in [3.63, 3.8) is 0 Å². The van der Waals surface area contributed by atoms with Crippen LogP contribution in [-0.4, -0.2) is 40.9 Å². The van der Waals surface area contributed by atoms with Crippen LogP contribution in [0.5, 0.6) is 11.5 Å². The molecule has 2 fully saturated rings. The van der Waals surface area contributed by atoms with Gasteiger partial charge >= 0.3 is 0 Å². The van der Waals surface area contributed by atoms with Crippen LogP contribution in [0, 0.1) is 5.92 Å². The fourth-order valence-corrected chi connectivity index (χ4v) is 5.86. The Hall–Kier alpha value is -1.59. The van der Waals surface area contributed by atoms with E-state index in [0.717, 1.165) is 24.0 Å². The van der Waals surface area contributed by atoms with Crippen LogP contribution < -0.4 is 9.47 Å². The van der Waals surface area contributed by atoms with E-state index in [1.54, 1.807) is 7.11 Å². The second kappa shape index (κ2) is 4.08. The fraction of sp³-hybridized carbons (Fsp3) is 0.611. The highest BCUT2D eigenvalue weighted by Gasteiger charge is 2.74. The number of aliphatic hydroxyl groups is 2. The topological polar surface area (TPSA) is 76.0 Å². The molecule has 2 saturated carbocycles. The molecule has 1 aromatic carbocycles. The number of ketones is 1. The molecular formula is C18H20O5. The van der Waals surface area contributed by atoms with Gasteiger partial charge in [0.2, 0.25) is 0 Å². The van der Waals surface area contributed by atoms with Crippen molar-refractivity contribution in [1.29, 1.82) is 0 Å². The van der Waals surface area contributed by atoms with Crippen molar-refractivity contribution in [2.75, 3.05) is 7.11 Å². The smallest absolute Gasteiger partial charge is 0.177 e. The van der Waals surface area contributed by atoms with Gasteiger partial charge in [-0.3, -0.25) is 4.79 Å². The second-order valence-electron chi connectivity index (χ2n) is 7.41. The molecule has 0 amide bonds. The number of methoxy groups -OCH3 is 1. The fourth-order valence-electron chi connectivity index (χ4n) is 5.86. The Morgan fingerprint density at radius 1 is 1.35 bits per heavy atom. The molecule has 0 aromatic heterocycles. The minimum Gasteiger partial charge on any atom is -0.493 e. The lowest BCUT2D eigenvalue weighted by Crippen LogP contribution is -2.75. The average molecular weight is 316 g/mol. The van der Waals surface area contributed by atoms with E-state index < -0.39 is 23.2 Å². The molecule has 1 heterocycles. The lowest BCUT2D eigenvalue weighted by molar-refractivity contribution is -0.219. The molecule has 2 unspecified atom stereocenters. The van der Waals surface area contributed by atoms with Gasteiger partial charge in [0, 0.05) is 12.0 Å². The molecule has 5 atom stereocenters. The Kier molecular flexibility index (Phi) is 2.45. The molecule has 122 valence electrons. The third-order valence-corrected chi connectivity index (χ3v) is 6.68. The van der Waals surface area contributed by atoms with Crippen molar-refractivity contribution in [2.24, 2.45) is 5.92 Å². The molecule has 5 nitrogen and oxygen atoms in total. The Labute approximate surface area is 134 Å². The van der Waals surface area contributed by atoms with Crippen LogP contribution in [0.2, 0.25) is 0 Å². The summed E-state index contributed by atoms with van der Waals surface area (Å²) >= 11 is 0. The molecule has 1 aliphatic heterocycles. The number of carbonyl (C=O) groups is 1. The number of hydrogen-bond donors (Lipinski definition) is 2. The molecular weight excluding hydrogens is 296 g/mol. The molecule has 0 saturated heterocycles. The molecule has 1 spiro atoms. The zero-order valence-electron chi connectivity index (χ0n) is 13.0. The van der Waals surface area contributed by atoms with E-state index in [2.05, 4.69) is 0 Å². The van der Waals surface area contributed by atoms with E-state index in [0.29, 0.717) is 24.3 Å². The number of Topliss-reactive ketones (excluding diaryl/α,β-unsaturated/α-hetero) is 1.